The van der Waals surface area contributed by atoms with Crippen LogP contribution < -0.4 is 11.1 Å². The fraction of sp³-hybridized carbons (Fsp3) is 0.308. The van der Waals surface area contributed by atoms with Crippen molar-refractivity contribution in [3.63, 3.8) is 0 Å². The highest BCUT2D eigenvalue weighted by Gasteiger charge is 2.22. The number of carbonyl (C=O) groups excluding carboxylic acids is 2. The van der Waals surface area contributed by atoms with Crippen molar-refractivity contribution in [3.8, 4) is 0 Å². The van der Waals surface area contributed by atoms with Crippen molar-refractivity contribution >= 4 is 23.5 Å². The highest BCUT2D eigenvalue weighted by atomic mass is 16.5. The molecule has 1 atom stereocenters. The quantitative estimate of drug-likeness (QED) is 0.513. The van der Waals surface area contributed by atoms with Crippen molar-refractivity contribution in [1.82, 2.24) is 5.32 Å². The minimum absolute atomic E-state index is 0.0551. The van der Waals surface area contributed by atoms with Gasteiger partial charge in [-0.15, -0.1) is 0 Å². The summed E-state index contributed by atoms with van der Waals surface area (Å²) in [7, 11) is 1.21. The van der Waals surface area contributed by atoms with Gasteiger partial charge in [-0.1, -0.05) is 12.1 Å². The summed E-state index contributed by atoms with van der Waals surface area (Å²) >= 11 is 0. The third kappa shape index (κ3) is 4.27. The van der Waals surface area contributed by atoms with Crippen molar-refractivity contribution in [2.75, 3.05) is 12.8 Å². The Balaban J connectivity index is 2.71. The molecule has 0 aliphatic carbocycles. The van der Waals surface area contributed by atoms with E-state index in [1.807, 2.05) is 0 Å². The van der Waals surface area contributed by atoms with Crippen LogP contribution in [-0.2, 0) is 14.3 Å². The number of aliphatic carboxylic acids is 1. The fourth-order valence-electron chi connectivity index (χ4n) is 1.56. The van der Waals surface area contributed by atoms with E-state index in [1.165, 1.54) is 13.2 Å². The largest absolute Gasteiger partial charge is 0.480 e. The maximum absolute atomic E-state index is 11.9. The zero-order chi connectivity index (χ0) is 15.1. The molecule has 0 aliphatic heterocycles. The second kappa shape index (κ2) is 7.13. The van der Waals surface area contributed by atoms with Crippen molar-refractivity contribution in [1.29, 1.82) is 0 Å². The molecule has 1 aromatic carbocycles. The lowest BCUT2D eigenvalue weighted by atomic mass is 10.1. The first-order valence-corrected chi connectivity index (χ1v) is 5.90. The Hall–Kier alpha value is -2.57. The molecule has 0 bridgehead atoms. The van der Waals surface area contributed by atoms with E-state index in [1.54, 1.807) is 18.2 Å². The number of methoxy groups -OCH3 is 1. The molecule has 4 N–H and O–H groups in total. The third-order valence-corrected chi connectivity index (χ3v) is 2.67. The smallest absolute Gasteiger partial charge is 0.326 e. The van der Waals surface area contributed by atoms with Gasteiger partial charge in [0.2, 0.25) is 0 Å². The zero-order valence-electron chi connectivity index (χ0n) is 11.0. The SMILES string of the molecule is COC(=O)CCC(NC(=O)c1ccccc1N)C(=O)O. The number of amides is 1. The first-order valence-electron chi connectivity index (χ1n) is 5.90. The zero-order valence-corrected chi connectivity index (χ0v) is 11.0. The molecule has 0 radical (unpaired) electrons. The van der Waals surface area contributed by atoms with Crippen LogP contribution in [0.4, 0.5) is 5.69 Å². The molecule has 0 spiro atoms. The van der Waals surface area contributed by atoms with Gasteiger partial charge in [-0.2, -0.15) is 0 Å². The number of esters is 1. The van der Waals surface area contributed by atoms with E-state index in [-0.39, 0.29) is 24.1 Å². The molecule has 0 heterocycles. The highest BCUT2D eigenvalue weighted by Crippen LogP contribution is 2.11. The summed E-state index contributed by atoms with van der Waals surface area (Å²) in [4.78, 5) is 34.0. The molecular formula is C13H16N2O5. The Morgan fingerprint density at radius 2 is 2.00 bits per heavy atom. The maximum atomic E-state index is 11.9. The van der Waals surface area contributed by atoms with Crippen molar-refractivity contribution < 1.29 is 24.2 Å². The topological polar surface area (TPSA) is 119 Å². The van der Waals surface area contributed by atoms with E-state index in [0.29, 0.717) is 0 Å². The van der Waals surface area contributed by atoms with Crippen molar-refractivity contribution in [3.05, 3.63) is 29.8 Å². The summed E-state index contributed by atoms with van der Waals surface area (Å²) in [5.41, 5.74) is 6.08. The number of carbonyl (C=O) groups is 3. The monoisotopic (exact) mass is 280 g/mol. The van der Waals surface area contributed by atoms with Gasteiger partial charge in [0.25, 0.3) is 5.91 Å². The van der Waals surface area contributed by atoms with Gasteiger partial charge in [-0.25, -0.2) is 4.79 Å². The lowest BCUT2D eigenvalue weighted by molar-refractivity contribution is -0.142. The Labute approximate surface area is 115 Å². The lowest BCUT2D eigenvalue weighted by Gasteiger charge is -2.14. The van der Waals surface area contributed by atoms with Gasteiger partial charge in [0.15, 0.2) is 0 Å². The van der Waals surface area contributed by atoms with Gasteiger partial charge in [0.1, 0.15) is 6.04 Å². The van der Waals surface area contributed by atoms with Gasteiger partial charge in [-0.05, 0) is 18.6 Å². The average molecular weight is 280 g/mol. The standard InChI is InChI=1S/C13H16N2O5/c1-20-11(16)7-6-10(13(18)19)15-12(17)8-4-2-3-5-9(8)14/h2-5,10H,6-7,14H2,1H3,(H,15,17)(H,18,19). The molecule has 0 saturated heterocycles. The number of nitrogens with one attached hydrogen (secondary N) is 1. The van der Waals surface area contributed by atoms with Gasteiger partial charge in [-0.3, -0.25) is 9.59 Å². The van der Waals surface area contributed by atoms with Crippen LogP contribution in [0.15, 0.2) is 24.3 Å². The number of anilines is 1. The van der Waals surface area contributed by atoms with Crippen LogP contribution in [0.2, 0.25) is 0 Å². The average Bonchev–Trinajstić information content (AvgIpc) is 2.42. The van der Waals surface area contributed by atoms with Crippen LogP contribution in [-0.4, -0.2) is 36.1 Å². The summed E-state index contributed by atoms with van der Waals surface area (Å²) in [6.07, 6.45) is -0.154. The maximum Gasteiger partial charge on any atom is 0.326 e. The number of nitrogens with two attached hydrogens (primary N) is 1. The van der Waals surface area contributed by atoms with Gasteiger partial charge < -0.3 is 20.9 Å². The van der Waals surface area contributed by atoms with E-state index in [4.69, 9.17) is 10.8 Å². The number of carboxylic acids is 1. The molecule has 7 heteroatoms. The Morgan fingerprint density at radius 3 is 2.55 bits per heavy atom. The van der Waals surface area contributed by atoms with Crippen LogP contribution >= 0.6 is 0 Å². The van der Waals surface area contributed by atoms with Crippen LogP contribution in [0.1, 0.15) is 23.2 Å². The fourth-order valence-corrected chi connectivity index (χ4v) is 1.56. The lowest BCUT2D eigenvalue weighted by Crippen LogP contribution is -2.41. The summed E-state index contributed by atoms with van der Waals surface area (Å²) in [5, 5.41) is 11.4. The molecule has 0 fully saturated rings. The summed E-state index contributed by atoms with van der Waals surface area (Å²) in [6.45, 7) is 0. The van der Waals surface area contributed by atoms with Crippen LogP contribution in [0, 0.1) is 0 Å². The minimum Gasteiger partial charge on any atom is -0.480 e. The number of benzene rings is 1. The minimum atomic E-state index is -1.23. The number of rotatable bonds is 6. The first kappa shape index (κ1) is 15.5. The van der Waals surface area contributed by atoms with E-state index >= 15 is 0 Å². The Morgan fingerprint density at radius 1 is 1.35 bits per heavy atom. The molecule has 0 aliphatic rings. The molecule has 1 aromatic rings. The second-order valence-corrected chi connectivity index (χ2v) is 4.07. The van der Waals surface area contributed by atoms with Gasteiger partial charge in [0.05, 0.1) is 12.7 Å². The highest BCUT2D eigenvalue weighted by molar-refractivity contribution is 6.00. The molecule has 7 nitrogen and oxygen atoms in total. The molecule has 108 valence electrons. The normalized spacial score (nSPS) is 11.4. The molecule has 0 aromatic heterocycles. The number of hydrogen-bond donors (Lipinski definition) is 3. The first-order chi connectivity index (χ1) is 9.45. The molecule has 0 saturated carbocycles. The number of para-hydroxylation sites is 1. The number of nitrogen functional groups attached to an aromatic ring is 1. The number of ether oxygens (including phenoxy) is 1. The Kier molecular flexibility index (Phi) is 5.52. The molecule has 1 amide bonds. The second-order valence-electron chi connectivity index (χ2n) is 4.07. The van der Waals surface area contributed by atoms with Gasteiger partial charge in [0, 0.05) is 12.1 Å². The van der Waals surface area contributed by atoms with Crippen molar-refractivity contribution in [2.24, 2.45) is 0 Å². The van der Waals surface area contributed by atoms with E-state index < -0.39 is 23.9 Å². The third-order valence-electron chi connectivity index (χ3n) is 2.67. The molecule has 20 heavy (non-hydrogen) atoms. The number of carboxylic acid groups (broad SMARTS) is 1. The summed E-state index contributed by atoms with van der Waals surface area (Å²) in [6, 6.07) is 5.14. The molecular weight excluding hydrogens is 264 g/mol. The van der Waals surface area contributed by atoms with Crippen molar-refractivity contribution in [2.45, 2.75) is 18.9 Å². The summed E-state index contributed by atoms with van der Waals surface area (Å²) in [5.74, 6) is -2.36. The molecule has 1 rings (SSSR count). The van der Waals surface area contributed by atoms with E-state index in [0.717, 1.165) is 0 Å². The van der Waals surface area contributed by atoms with Crippen LogP contribution in [0.25, 0.3) is 0 Å². The van der Waals surface area contributed by atoms with Gasteiger partial charge >= 0.3 is 11.9 Å². The van der Waals surface area contributed by atoms with Crippen LogP contribution in [0.5, 0.6) is 0 Å². The summed E-state index contributed by atoms with van der Waals surface area (Å²) < 4.78 is 4.42. The van der Waals surface area contributed by atoms with E-state index in [2.05, 4.69) is 10.1 Å². The Bertz CT molecular complexity index is 515. The molecule has 1 unspecified atom stereocenters. The number of hydrogen-bond acceptors (Lipinski definition) is 5. The van der Waals surface area contributed by atoms with Crippen LogP contribution in [0.3, 0.4) is 0 Å². The predicted molar refractivity (Wildman–Crippen MR) is 71.0 cm³/mol. The van der Waals surface area contributed by atoms with E-state index in [9.17, 15) is 14.4 Å². The predicted octanol–water partition coefficient (Wildman–Crippen LogP) is 0.405.